The molecule has 1 aliphatic rings. The molecule has 0 aliphatic heterocycles. The largest absolute Gasteiger partial charge is 0.207 e. The number of hydrogen-bond acceptors (Lipinski definition) is 0. The Morgan fingerprint density at radius 1 is 0.667 bits per heavy atom. The molecule has 0 atom stereocenters. The van der Waals surface area contributed by atoms with E-state index in [4.69, 9.17) is 11.6 Å². The third-order valence-corrected chi connectivity index (χ3v) is 7.74. The van der Waals surface area contributed by atoms with Crippen molar-refractivity contribution in [2.45, 2.75) is 71.1 Å². The summed E-state index contributed by atoms with van der Waals surface area (Å²) in [4.78, 5) is 0. The predicted molar refractivity (Wildman–Crippen MR) is 139 cm³/mol. The highest BCUT2D eigenvalue weighted by molar-refractivity contribution is 6.30. The Labute approximate surface area is 204 Å². The van der Waals surface area contributed by atoms with Crippen LogP contribution in [0.1, 0.15) is 66.3 Å². The highest BCUT2D eigenvalue weighted by Gasteiger charge is 2.21. The molecule has 0 aromatic heterocycles. The van der Waals surface area contributed by atoms with Crippen molar-refractivity contribution in [2.75, 3.05) is 0 Å². The first-order chi connectivity index (χ1) is 16.0. The van der Waals surface area contributed by atoms with Crippen LogP contribution in [0.4, 0.5) is 4.39 Å². The van der Waals surface area contributed by atoms with Gasteiger partial charge in [0.1, 0.15) is 5.82 Å². The van der Waals surface area contributed by atoms with E-state index in [0.717, 1.165) is 47.2 Å². The minimum Gasteiger partial charge on any atom is -0.207 e. The molecule has 0 spiro atoms. The Kier molecular flexibility index (Phi) is 8.62. The van der Waals surface area contributed by atoms with Gasteiger partial charge in [0.05, 0.1) is 0 Å². The molecule has 0 amide bonds. The van der Waals surface area contributed by atoms with Crippen molar-refractivity contribution < 1.29 is 4.39 Å². The number of rotatable bonds is 9. The third-order valence-electron chi connectivity index (χ3n) is 7.48. The Morgan fingerprint density at radius 3 is 1.79 bits per heavy atom. The normalized spacial score (nSPS) is 18.4. The first kappa shape index (κ1) is 24.0. The molecule has 2 heteroatoms. The van der Waals surface area contributed by atoms with E-state index < -0.39 is 0 Å². The Morgan fingerprint density at radius 2 is 1.18 bits per heavy atom. The summed E-state index contributed by atoms with van der Waals surface area (Å²) in [6.07, 6.45) is 11.6. The van der Waals surface area contributed by atoms with Crippen LogP contribution < -0.4 is 0 Å². The summed E-state index contributed by atoms with van der Waals surface area (Å²) in [5.74, 6) is 1.62. The Bertz CT molecular complexity index is 998. The summed E-state index contributed by atoms with van der Waals surface area (Å²) in [5, 5.41) is 0.741. The molecular formula is C31H36ClF. The molecule has 4 rings (SSSR count). The minimum atomic E-state index is -0.0544. The second-order valence-electron chi connectivity index (χ2n) is 10.0. The van der Waals surface area contributed by atoms with Gasteiger partial charge in [-0.05, 0) is 97.7 Å². The zero-order valence-corrected chi connectivity index (χ0v) is 20.6. The fraction of sp³-hybridized carbons (Fsp3) is 0.419. The summed E-state index contributed by atoms with van der Waals surface area (Å²) in [5.41, 5.74) is 5.96. The SMILES string of the molecule is Cc1ccc(CCC2CCC(CCc3ccc(CCc4ccc(Cl)cc4)c(F)c3)CC2)cc1. The summed E-state index contributed by atoms with van der Waals surface area (Å²) in [6, 6.07) is 22.7. The average Bonchev–Trinajstić information content (AvgIpc) is 2.83. The van der Waals surface area contributed by atoms with E-state index in [2.05, 4.69) is 37.3 Å². The van der Waals surface area contributed by atoms with E-state index in [0.29, 0.717) is 0 Å². The van der Waals surface area contributed by atoms with E-state index in [1.54, 1.807) is 6.07 Å². The monoisotopic (exact) mass is 462 g/mol. The molecule has 0 saturated heterocycles. The summed E-state index contributed by atoms with van der Waals surface area (Å²) in [6.45, 7) is 2.15. The van der Waals surface area contributed by atoms with Crippen molar-refractivity contribution in [1.29, 1.82) is 0 Å². The van der Waals surface area contributed by atoms with Crippen molar-refractivity contribution in [3.8, 4) is 0 Å². The molecule has 33 heavy (non-hydrogen) atoms. The molecule has 0 nitrogen and oxygen atoms in total. The van der Waals surface area contributed by atoms with Crippen molar-refractivity contribution in [3.05, 3.63) is 105 Å². The smallest absolute Gasteiger partial charge is 0.126 e. The van der Waals surface area contributed by atoms with Gasteiger partial charge in [0.15, 0.2) is 0 Å². The van der Waals surface area contributed by atoms with Crippen molar-refractivity contribution in [2.24, 2.45) is 11.8 Å². The van der Waals surface area contributed by atoms with Crippen LogP contribution in [-0.4, -0.2) is 0 Å². The molecule has 0 unspecified atom stereocenters. The van der Waals surface area contributed by atoms with Crippen LogP contribution in [0.2, 0.25) is 5.02 Å². The average molecular weight is 463 g/mol. The molecule has 1 fully saturated rings. The van der Waals surface area contributed by atoms with Gasteiger partial charge in [-0.2, -0.15) is 0 Å². The van der Waals surface area contributed by atoms with Crippen LogP contribution in [0.15, 0.2) is 66.7 Å². The number of halogens is 2. The topological polar surface area (TPSA) is 0 Å². The highest BCUT2D eigenvalue weighted by atomic mass is 35.5. The molecule has 0 N–H and O–H groups in total. The zero-order chi connectivity index (χ0) is 23.0. The van der Waals surface area contributed by atoms with E-state index in [1.807, 2.05) is 30.3 Å². The second kappa shape index (κ2) is 11.8. The van der Waals surface area contributed by atoms with Gasteiger partial charge in [0.2, 0.25) is 0 Å². The molecule has 3 aromatic rings. The van der Waals surface area contributed by atoms with Gasteiger partial charge in [-0.3, -0.25) is 0 Å². The lowest BCUT2D eigenvalue weighted by molar-refractivity contribution is 0.253. The molecular weight excluding hydrogens is 427 g/mol. The van der Waals surface area contributed by atoms with Gasteiger partial charge in [-0.1, -0.05) is 91.4 Å². The lowest BCUT2D eigenvalue weighted by Crippen LogP contribution is -2.16. The molecule has 1 aliphatic carbocycles. The molecule has 1 saturated carbocycles. The van der Waals surface area contributed by atoms with E-state index in [1.165, 1.54) is 61.6 Å². The molecule has 174 valence electrons. The van der Waals surface area contributed by atoms with E-state index in [9.17, 15) is 4.39 Å². The lowest BCUT2D eigenvalue weighted by atomic mass is 9.77. The predicted octanol–water partition coefficient (Wildman–Crippen LogP) is 8.94. The molecule has 0 bridgehead atoms. The van der Waals surface area contributed by atoms with Crippen LogP contribution in [0.5, 0.6) is 0 Å². The van der Waals surface area contributed by atoms with Gasteiger partial charge in [-0.25, -0.2) is 4.39 Å². The fourth-order valence-electron chi connectivity index (χ4n) is 5.18. The van der Waals surface area contributed by atoms with Crippen LogP contribution in [0.25, 0.3) is 0 Å². The van der Waals surface area contributed by atoms with Crippen molar-refractivity contribution in [3.63, 3.8) is 0 Å². The van der Waals surface area contributed by atoms with Crippen LogP contribution in [0.3, 0.4) is 0 Å². The molecule has 3 aromatic carbocycles. The highest BCUT2D eigenvalue weighted by Crippen LogP contribution is 2.34. The fourth-order valence-corrected chi connectivity index (χ4v) is 5.31. The summed E-state index contributed by atoms with van der Waals surface area (Å²) < 4.78 is 14.7. The summed E-state index contributed by atoms with van der Waals surface area (Å²) in [7, 11) is 0. The van der Waals surface area contributed by atoms with Crippen LogP contribution >= 0.6 is 11.6 Å². The quantitative estimate of drug-likeness (QED) is 0.297. The maximum Gasteiger partial charge on any atom is 0.126 e. The second-order valence-corrected chi connectivity index (χ2v) is 10.4. The standard InChI is InChI=1S/C31H36ClF/c1-23-2-4-24(5-3-23)6-7-25-8-10-26(11-9-25)12-13-28-15-19-29(31(33)22-28)18-14-27-16-20-30(32)21-17-27/h2-5,15-17,19-22,25-26H,6-14,18H2,1H3. The van der Waals surface area contributed by atoms with Gasteiger partial charge in [-0.15, -0.1) is 0 Å². The minimum absolute atomic E-state index is 0.0544. The lowest BCUT2D eigenvalue weighted by Gasteiger charge is -2.28. The van der Waals surface area contributed by atoms with Crippen molar-refractivity contribution in [1.82, 2.24) is 0 Å². The zero-order valence-electron chi connectivity index (χ0n) is 19.8. The number of aryl methyl sites for hydroxylation is 5. The van der Waals surface area contributed by atoms with Crippen LogP contribution in [-0.2, 0) is 25.7 Å². The summed E-state index contributed by atoms with van der Waals surface area (Å²) >= 11 is 5.95. The van der Waals surface area contributed by atoms with Gasteiger partial charge >= 0.3 is 0 Å². The number of benzene rings is 3. The van der Waals surface area contributed by atoms with E-state index >= 15 is 0 Å². The first-order valence-electron chi connectivity index (χ1n) is 12.6. The van der Waals surface area contributed by atoms with Gasteiger partial charge in [0, 0.05) is 5.02 Å². The Hall–Kier alpha value is -2.12. The van der Waals surface area contributed by atoms with Gasteiger partial charge < -0.3 is 0 Å². The van der Waals surface area contributed by atoms with Crippen molar-refractivity contribution >= 4 is 11.6 Å². The van der Waals surface area contributed by atoms with Crippen LogP contribution in [0, 0.1) is 24.6 Å². The molecule has 0 heterocycles. The van der Waals surface area contributed by atoms with E-state index in [-0.39, 0.29) is 5.82 Å². The maximum atomic E-state index is 14.7. The molecule has 0 radical (unpaired) electrons. The Balaban J connectivity index is 1.17. The maximum absolute atomic E-state index is 14.7. The third kappa shape index (κ3) is 7.44. The first-order valence-corrected chi connectivity index (χ1v) is 13.0. The number of hydrogen-bond donors (Lipinski definition) is 0. The van der Waals surface area contributed by atoms with Gasteiger partial charge in [0.25, 0.3) is 0 Å².